The number of Topliss-reactive ketones (excluding diaryl/α,β-unsaturated/α-hetero) is 1. The highest BCUT2D eigenvalue weighted by Gasteiger charge is 2.26. The zero-order valence-corrected chi connectivity index (χ0v) is 11.3. The van der Waals surface area contributed by atoms with Crippen molar-refractivity contribution < 1.29 is 13.9 Å². The van der Waals surface area contributed by atoms with Gasteiger partial charge in [-0.05, 0) is 43.7 Å². The second-order valence-electron chi connectivity index (χ2n) is 5.00. The first-order valence-electron chi connectivity index (χ1n) is 6.72. The van der Waals surface area contributed by atoms with Crippen molar-refractivity contribution in [3.63, 3.8) is 0 Å². The quantitative estimate of drug-likeness (QED) is 0.765. The molecule has 4 heteroatoms. The predicted molar refractivity (Wildman–Crippen MR) is 71.8 cm³/mol. The molecule has 19 heavy (non-hydrogen) atoms. The zero-order valence-electron chi connectivity index (χ0n) is 11.3. The Balaban J connectivity index is 1.96. The zero-order chi connectivity index (χ0) is 13.7. The Hall–Kier alpha value is -1.26. The van der Waals surface area contributed by atoms with Gasteiger partial charge in [0, 0.05) is 31.7 Å². The summed E-state index contributed by atoms with van der Waals surface area (Å²) in [7, 11) is 1.69. The summed E-state index contributed by atoms with van der Waals surface area (Å²) >= 11 is 0. The van der Waals surface area contributed by atoms with Gasteiger partial charge in [0.25, 0.3) is 0 Å². The number of ether oxygens (including phenoxy) is 1. The van der Waals surface area contributed by atoms with Crippen molar-refractivity contribution in [2.24, 2.45) is 5.92 Å². The summed E-state index contributed by atoms with van der Waals surface area (Å²) in [6, 6.07) is 5.84. The van der Waals surface area contributed by atoms with Gasteiger partial charge in [-0.3, -0.25) is 4.79 Å². The van der Waals surface area contributed by atoms with E-state index in [-0.39, 0.29) is 17.5 Å². The van der Waals surface area contributed by atoms with Crippen LogP contribution in [0.2, 0.25) is 0 Å². The molecule has 0 N–H and O–H groups in total. The molecule has 1 atom stereocenters. The van der Waals surface area contributed by atoms with Crippen LogP contribution in [0.4, 0.5) is 4.39 Å². The molecular formula is C15H20FNO2. The van der Waals surface area contributed by atoms with Crippen molar-refractivity contribution in [1.82, 2.24) is 4.90 Å². The molecule has 1 aromatic rings. The van der Waals surface area contributed by atoms with Crippen LogP contribution in [0.25, 0.3) is 0 Å². The molecule has 1 heterocycles. The van der Waals surface area contributed by atoms with Crippen LogP contribution >= 0.6 is 0 Å². The van der Waals surface area contributed by atoms with E-state index in [1.54, 1.807) is 19.2 Å². The average Bonchev–Trinajstić information content (AvgIpc) is 2.45. The van der Waals surface area contributed by atoms with Crippen LogP contribution < -0.4 is 0 Å². The molecule has 3 nitrogen and oxygen atoms in total. The Kier molecular flexibility index (Phi) is 5.05. The summed E-state index contributed by atoms with van der Waals surface area (Å²) in [6.07, 6.45) is 1.95. The molecule has 0 aliphatic carbocycles. The van der Waals surface area contributed by atoms with Crippen LogP contribution in [0.15, 0.2) is 24.3 Å². The van der Waals surface area contributed by atoms with Crippen molar-refractivity contribution >= 4 is 5.78 Å². The standard InChI is InChI=1S/C15H20FNO2/c1-19-10-9-17-8-2-3-13(11-17)15(18)12-4-6-14(16)7-5-12/h4-7,13H,2-3,8-11H2,1H3. The molecule has 1 aliphatic heterocycles. The van der Waals surface area contributed by atoms with Crippen LogP contribution in [0.3, 0.4) is 0 Å². The van der Waals surface area contributed by atoms with Crippen LogP contribution in [-0.4, -0.2) is 44.0 Å². The molecule has 0 saturated carbocycles. The van der Waals surface area contributed by atoms with Gasteiger partial charge in [0.05, 0.1) is 6.61 Å². The van der Waals surface area contributed by atoms with Gasteiger partial charge < -0.3 is 9.64 Å². The van der Waals surface area contributed by atoms with E-state index in [4.69, 9.17) is 4.74 Å². The van der Waals surface area contributed by atoms with Gasteiger partial charge in [-0.1, -0.05) is 0 Å². The first kappa shape index (κ1) is 14.2. The lowest BCUT2D eigenvalue weighted by Gasteiger charge is -2.31. The highest BCUT2D eigenvalue weighted by molar-refractivity contribution is 5.98. The largest absolute Gasteiger partial charge is 0.383 e. The van der Waals surface area contributed by atoms with E-state index in [1.807, 2.05) is 0 Å². The first-order chi connectivity index (χ1) is 9.20. The Morgan fingerprint density at radius 1 is 1.42 bits per heavy atom. The van der Waals surface area contributed by atoms with Crippen molar-refractivity contribution in [3.8, 4) is 0 Å². The summed E-state index contributed by atoms with van der Waals surface area (Å²) in [6.45, 7) is 3.36. The lowest BCUT2D eigenvalue weighted by Crippen LogP contribution is -2.40. The molecule has 104 valence electrons. The summed E-state index contributed by atoms with van der Waals surface area (Å²) in [5.41, 5.74) is 0.611. The molecule has 2 rings (SSSR count). The fraction of sp³-hybridized carbons (Fsp3) is 0.533. The molecule has 0 spiro atoms. The Labute approximate surface area is 113 Å². The predicted octanol–water partition coefficient (Wildman–Crippen LogP) is 2.37. The topological polar surface area (TPSA) is 29.5 Å². The number of hydrogen-bond donors (Lipinski definition) is 0. The number of benzene rings is 1. The third-order valence-corrected chi connectivity index (χ3v) is 3.62. The Morgan fingerprint density at radius 2 is 2.16 bits per heavy atom. The molecule has 0 aromatic heterocycles. The molecule has 0 bridgehead atoms. The van der Waals surface area contributed by atoms with Crippen molar-refractivity contribution in [3.05, 3.63) is 35.6 Å². The normalized spacial score (nSPS) is 20.4. The van der Waals surface area contributed by atoms with Crippen molar-refractivity contribution in [2.45, 2.75) is 12.8 Å². The maximum absolute atomic E-state index is 12.9. The second-order valence-corrected chi connectivity index (χ2v) is 5.00. The fourth-order valence-electron chi connectivity index (χ4n) is 2.54. The van der Waals surface area contributed by atoms with E-state index in [0.29, 0.717) is 12.2 Å². The van der Waals surface area contributed by atoms with Crippen LogP contribution in [0.5, 0.6) is 0 Å². The number of carbonyl (C=O) groups excluding carboxylic acids is 1. The molecule has 0 amide bonds. The smallest absolute Gasteiger partial charge is 0.167 e. The molecule has 1 unspecified atom stereocenters. The number of carbonyl (C=O) groups is 1. The van der Waals surface area contributed by atoms with Crippen LogP contribution in [-0.2, 0) is 4.74 Å². The lowest BCUT2D eigenvalue weighted by molar-refractivity contribution is 0.0768. The van der Waals surface area contributed by atoms with E-state index >= 15 is 0 Å². The number of rotatable bonds is 5. The van der Waals surface area contributed by atoms with E-state index in [1.165, 1.54) is 12.1 Å². The number of ketones is 1. The first-order valence-corrected chi connectivity index (χ1v) is 6.72. The van der Waals surface area contributed by atoms with Gasteiger partial charge in [-0.2, -0.15) is 0 Å². The highest BCUT2D eigenvalue weighted by Crippen LogP contribution is 2.21. The Morgan fingerprint density at radius 3 is 2.84 bits per heavy atom. The van der Waals surface area contributed by atoms with Crippen LogP contribution in [0.1, 0.15) is 23.2 Å². The minimum absolute atomic E-state index is 0.0241. The van der Waals surface area contributed by atoms with Gasteiger partial charge in [0.15, 0.2) is 5.78 Å². The summed E-state index contributed by atoms with van der Waals surface area (Å²) in [5.74, 6) is -0.153. The average molecular weight is 265 g/mol. The number of halogens is 1. The van der Waals surface area contributed by atoms with Crippen LogP contribution in [0, 0.1) is 11.7 Å². The summed E-state index contributed by atoms with van der Waals surface area (Å²) in [5, 5.41) is 0. The van der Waals surface area contributed by atoms with E-state index in [0.717, 1.165) is 32.5 Å². The molecule has 0 radical (unpaired) electrons. The number of methoxy groups -OCH3 is 1. The van der Waals surface area contributed by atoms with Gasteiger partial charge in [0.1, 0.15) is 5.82 Å². The third kappa shape index (κ3) is 3.85. The summed E-state index contributed by atoms with van der Waals surface area (Å²) in [4.78, 5) is 14.6. The fourth-order valence-corrected chi connectivity index (χ4v) is 2.54. The molecule has 1 fully saturated rings. The second kappa shape index (κ2) is 6.78. The molecule has 1 saturated heterocycles. The molecule has 1 aromatic carbocycles. The van der Waals surface area contributed by atoms with E-state index in [9.17, 15) is 9.18 Å². The number of nitrogens with zero attached hydrogens (tertiary/aromatic N) is 1. The van der Waals surface area contributed by atoms with Crippen molar-refractivity contribution in [1.29, 1.82) is 0 Å². The molecular weight excluding hydrogens is 245 g/mol. The SMILES string of the molecule is COCCN1CCCC(C(=O)c2ccc(F)cc2)C1. The monoisotopic (exact) mass is 265 g/mol. The lowest BCUT2D eigenvalue weighted by atomic mass is 9.90. The summed E-state index contributed by atoms with van der Waals surface area (Å²) < 4.78 is 17.9. The maximum Gasteiger partial charge on any atom is 0.167 e. The van der Waals surface area contributed by atoms with Crippen molar-refractivity contribution in [2.75, 3.05) is 33.4 Å². The molecule has 1 aliphatic rings. The van der Waals surface area contributed by atoms with Gasteiger partial charge in [-0.25, -0.2) is 4.39 Å². The number of piperidine rings is 1. The van der Waals surface area contributed by atoms with Gasteiger partial charge in [-0.15, -0.1) is 0 Å². The number of likely N-dealkylation sites (tertiary alicyclic amines) is 1. The minimum Gasteiger partial charge on any atom is -0.383 e. The van der Waals surface area contributed by atoms with Gasteiger partial charge >= 0.3 is 0 Å². The highest BCUT2D eigenvalue weighted by atomic mass is 19.1. The number of hydrogen-bond acceptors (Lipinski definition) is 3. The van der Waals surface area contributed by atoms with E-state index in [2.05, 4.69) is 4.90 Å². The third-order valence-electron chi connectivity index (χ3n) is 3.62. The Bertz CT molecular complexity index is 419. The van der Waals surface area contributed by atoms with Gasteiger partial charge in [0.2, 0.25) is 0 Å². The maximum atomic E-state index is 12.9. The van der Waals surface area contributed by atoms with E-state index < -0.39 is 0 Å². The minimum atomic E-state index is -0.304.